The molecule has 7 heteroatoms. The molecule has 0 atom stereocenters. The van der Waals surface area contributed by atoms with Crippen molar-refractivity contribution in [2.45, 2.75) is 12.1 Å². The van der Waals surface area contributed by atoms with Gasteiger partial charge in [0.05, 0.1) is 5.69 Å². The van der Waals surface area contributed by atoms with Gasteiger partial charge in [-0.05, 0) is 30.9 Å². The van der Waals surface area contributed by atoms with Crippen molar-refractivity contribution in [2.75, 3.05) is 6.26 Å². The molecule has 0 amide bonds. The molecule has 2 rings (SSSR count). The number of nitrogens with one attached hydrogen (secondary N) is 1. The van der Waals surface area contributed by atoms with Crippen molar-refractivity contribution < 1.29 is 0 Å². The first kappa shape index (κ1) is 12.9. The highest BCUT2D eigenvalue weighted by molar-refractivity contribution is 7.98. The lowest BCUT2D eigenvalue weighted by Gasteiger charge is -2.06. The van der Waals surface area contributed by atoms with Crippen LogP contribution < -0.4 is 11.4 Å². The molecule has 5 nitrogen and oxygen atoms in total. The number of aromatic nitrogens is 3. The summed E-state index contributed by atoms with van der Waals surface area (Å²) in [7, 11) is 0. The first-order valence-electron chi connectivity index (χ1n) is 5.07. The van der Waals surface area contributed by atoms with Crippen LogP contribution in [0.15, 0.2) is 32.9 Å². The van der Waals surface area contributed by atoms with Crippen LogP contribution in [-0.2, 0) is 0 Å². The molecule has 0 bridgehead atoms. The third kappa shape index (κ3) is 2.34. The fraction of sp³-hybridized carbons (Fsp3) is 0.182. The Morgan fingerprint density at radius 1 is 1.39 bits per heavy atom. The van der Waals surface area contributed by atoms with Crippen molar-refractivity contribution in [1.29, 1.82) is 0 Å². The minimum absolute atomic E-state index is 0.291. The lowest BCUT2D eigenvalue weighted by atomic mass is 10.2. The summed E-state index contributed by atoms with van der Waals surface area (Å²) in [6.07, 6.45) is 1.73. The Kier molecular flexibility index (Phi) is 3.58. The predicted octanol–water partition coefficient (Wildman–Crippen LogP) is 1.60. The van der Waals surface area contributed by atoms with Crippen LogP contribution in [0, 0.1) is 6.92 Å². The lowest BCUT2D eigenvalue weighted by molar-refractivity contribution is 0.743. The van der Waals surface area contributed by atoms with Crippen LogP contribution in [0.5, 0.6) is 0 Å². The van der Waals surface area contributed by atoms with Crippen LogP contribution in [0.4, 0.5) is 0 Å². The fourth-order valence-electron chi connectivity index (χ4n) is 1.44. The summed E-state index contributed by atoms with van der Waals surface area (Å²) in [5.41, 5.74) is 0.123. The minimum Gasteiger partial charge on any atom is -0.286 e. The molecule has 94 valence electrons. The van der Waals surface area contributed by atoms with Gasteiger partial charge in [0.15, 0.2) is 5.16 Å². The number of nitrogens with zero attached hydrogens (tertiary/aromatic N) is 2. The maximum atomic E-state index is 11.8. The van der Waals surface area contributed by atoms with E-state index in [1.54, 1.807) is 24.5 Å². The van der Waals surface area contributed by atoms with Gasteiger partial charge in [-0.3, -0.25) is 4.98 Å². The molecule has 1 N–H and O–H groups in total. The van der Waals surface area contributed by atoms with E-state index < -0.39 is 11.4 Å². The third-order valence-corrected chi connectivity index (χ3v) is 3.40. The molecule has 0 spiro atoms. The molecule has 0 saturated heterocycles. The summed E-state index contributed by atoms with van der Waals surface area (Å²) < 4.78 is 0.949. The SMILES string of the molecule is CSc1nc(=O)n(-c2ccc(C)c(Cl)c2)c(=O)[nH]1. The molecule has 0 radical (unpaired) electrons. The second-order valence-corrected chi connectivity index (χ2v) is 4.80. The topological polar surface area (TPSA) is 67.8 Å². The summed E-state index contributed by atoms with van der Waals surface area (Å²) in [4.78, 5) is 29.9. The van der Waals surface area contributed by atoms with Gasteiger partial charge < -0.3 is 0 Å². The van der Waals surface area contributed by atoms with Gasteiger partial charge in [-0.15, -0.1) is 0 Å². The normalized spacial score (nSPS) is 10.6. The lowest BCUT2D eigenvalue weighted by Crippen LogP contribution is -2.36. The third-order valence-electron chi connectivity index (χ3n) is 2.41. The first-order chi connectivity index (χ1) is 8.52. The van der Waals surface area contributed by atoms with Crippen LogP contribution in [0.3, 0.4) is 0 Å². The highest BCUT2D eigenvalue weighted by Gasteiger charge is 2.08. The highest BCUT2D eigenvalue weighted by atomic mass is 35.5. The Labute approximate surface area is 112 Å². The Morgan fingerprint density at radius 2 is 2.11 bits per heavy atom. The van der Waals surface area contributed by atoms with E-state index in [1.807, 2.05) is 6.92 Å². The molecule has 0 aliphatic carbocycles. The maximum absolute atomic E-state index is 11.8. The number of benzene rings is 1. The monoisotopic (exact) mass is 283 g/mol. The number of aromatic amines is 1. The largest absolute Gasteiger partial charge is 0.358 e. The van der Waals surface area contributed by atoms with Gasteiger partial charge in [0.1, 0.15) is 0 Å². The number of rotatable bonds is 2. The van der Waals surface area contributed by atoms with Crippen molar-refractivity contribution in [2.24, 2.45) is 0 Å². The molecule has 1 aromatic heterocycles. The Bertz CT molecular complexity index is 677. The van der Waals surface area contributed by atoms with Crippen molar-refractivity contribution >= 4 is 23.4 Å². The predicted molar refractivity (Wildman–Crippen MR) is 72.0 cm³/mol. The minimum atomic E-state index is -0.622. The number of aryl methyl sites for hydroxylation is 1. The van der Waals surface area contributed by atoms with Crippen molar-refractivity contribution in [3.63, 3.8) is 0 Å². The zero-order valence-electron chi connectivity index (χ0n) is 9.73. The van der Waals surface area contributed by atoms with E-state index in [0.29, 0.717) is 15.9 Å². The van der Waals surface area contributed by atoms with Gasteiger partial charge in [0, 0.05) is 5.02 Å². The molecule has 0 unspecified atom stereocenters. The van der Waals surface area contributed by atoms with E-state index in [4.69, 9.17) is 11.6 Å². The average Bonchev–Trinajstić information content (AvgIpc) is 2.32. The molecular weight excluding hydrogens is 274 g/mol. The summed E-state index contributed by atoms with van der Waals surface area (Å²) in [5.74, 6) is 0. The van der Waals surface area contributed by atoms with Gasteiger partial charge in [-0.1, -0.05) is 29.4 Å². The Balaban J connectivity index is 2.68. The van der Waals surface area contributed by atoms with Crippen molar-refractivity contribution in [3.8, 4) is 5.69 Å². The van der Waals surface area contributed by atoms with Crippen LogP contribution in [-0.4, -0.2) is 20.8 Å². The number of hydrogen-bond donors (Lipinski definition) is 1. The first-order valence-corrected chi connectivity index (χ1v) is 6.67. The van der Waals surface area contributed by atoms with Gasteiger partial charge in [0.2, 0.25) is 0 Å². The van der Waals surface area contributed by atoms with E-state index in [2.05, 4.69) is 9.97 Å². The molecule has 0 fully saturated rings. The van der Waals surface area contributed by atoms with Gasteiger partial charge in [0.25, 0.3) is 0 Å². The molecule has 18 heavy (non-hydrogen) atoms. The molecule has 2 aromatic rings. The zero-order chi connectivity index (χ0) is 13.3. The van der Waals surface area contributed by atoms with Gasteiger partial charge in [-0.2, -0.15) is 4.98 Å². The number of H-pyrrole nitrogens is 1. The number of thioether (sulfide) groups is 1. The number of halogens is 1. The summed E-state index contributed by atoms with van der Waals surface area (Å²) >= 11 is 7.18. The molecule has 0 aliphatic heterocycles. The Hall–Kier alpha value is -1.53. The standard InChI is InChI=1S/C11H10ClN3O2S/c1-6-3-4-7(5-8(6)12)15-10(16)13-9(18-2)14-11(15)17/h3-5H,1-2H3,(H,13,14,16,17). The second-order valence-electron chi connectivity index (χ2n) is 3.60. The summed E-state index contributed by atoms with van der Waals surface area (Å²) in [5, 5.41) is 0.784. The van der Waals surface area contributed by atoms with Crippen LogP contribution in [0.2, 0.25) is 5.02 Å². The van der Waals surface area contributed by atoms with E-state index in [1.165, 1.54) is 11.8 Å². The summed E-state index contributed by atoms with van der Waals surface area (Å²) in [6, 6.07) is 4.96. The second kappa shape index (κ2) is 4.99. The number of hydrogen-bond acceptors (Lipinski definition) is 4. The molecule has 1 aromatic carbocycles. The van der Waals surface area contributed by atoms with Crippen LogP contribution in [0.1, 0.15) is 5.56 Å². The van der Waals surface area contributed by atoms with Gasteiger partial charge >= 0.3 is 11.4 Å². The molecule has 1 heterocycles. The van der Waals surface area contributed by atoms with E-state index in [-0.39, 0.29) is 0 Å². The summed E-state index contributed by atoms with van der Waals surface area (Å²) in [6.45, 7) is 1.84. The van der Waals surface area contributed by atoms with Crippen LogP contribution in [0.25, 0.3) is 5.69 Å². The van der Waals surface area contributed by atoms with E-state index in [0.717, 1.165) is 10.1 Å². The Morgan fingerprint density at radius 3 is 2.67 bits per heavy atom. The quantitative estimate of drug-likeness (QED) is 0.850. The molecular formula is C11H10ClN3O2S. The van der Waals surface area contributed by atoms with E-state index >= 15 is 0 Å². The molecule has 0 saturated carbocycles. The zero-order valence-corrected chi connectivity index (χ0v) is 11.3. The van der Waals surface area contributed by atoms with Crippen molar-refractivity contribution in [1.82, 2.24) is 14.5 Å². The van der Waals surface area contributed by atoms with Crippen LogP contribution >= 0.6 is 23.4 Å². The fourth-order valence-corrected chi connectivity index (χ4v) is 1.98. The highest BCUT2D eigenvalue weighted by Crippen LogP contribution is 2.17. The maximum Gasteiger partial charge on any atom is 0.358 e. The van der Waals surface area contributed by atoms with Gasteiger partial charge in [-0.25, -0.2) is 14.2 Å². The smallest absolute Gasteiger partial charge is 0.286 e. The van der Waals surface area contributed by atoms with E-state index in [9.17, 15) is 9.59 Å². The average molecular weight is 284 g/mol. The van der Waals surface area contributed by atoms with Crippen molar-refractivity contribution in [3.05, 3.63) is 49.8 Å². The molecule has 0 aliphatic rings.